The number of carbonyl (C=O) groups excluding carboxylic acids is 2. The van der Waals surface area contributed by atoms with Crippen molar-refractivity contribution in [2.45, 2.75) is 46.6 Å². The summed E-state index contributed by atoms with van der Waals surface area (Å²) < 4.78 is 1.76. The van der Waals surface area contributed by atoms with Gasteiger partial charge in [0.05, 0.1) is 5.69 Å². The first-order chi connectivity index (χ1) is 12.7. The smallest absolute Gasteiger partial charge is 0.326 e. The van der Waals surface area contributed by atoms with Crippen LogP contribution in [-0.4, -0.2) is 44.9 Å². The van der Waals surface area contributed by atoms with Crippen LogP contribution in [0.3, 0.4) is 0 Å². The van der Waals surface area contributed by atoms with Crippen molar-refractivity contribution in [2.75, 3.05) is 6.54 Å². The van der Waals surface area contributed by atoms with Gasteiger partial charge in [-0.3, -0.25) is 14.0 Å². The Labute approximate surface area is 158 Å². The lowest BCUT2D eigenvalue weighted by Gasteiger charge is -2.17. The molecule has 8 nitrogen and oxygen atoms in total. The van der Waals surface area contributed by atoms with Crippen LogP contribution in [0.15, 0.2) is 18.3 Å². The maximum atomic E-state index is 12.5. The van der Waals surface area contributed by atoms with E-state index in [1.54, 1.807) is 31.4 Å². The summed E-state index contributed by atoms with van der Waals surface area (Å²) in [4.78, 5) is 40.0. The number of hydrogen-bond acceptors (Lipinski definition) is 4. The number of imidazole rings is 1. The van der Waals surface area contributed by atoms with Gasteiger partial charge in [-0.15, -0.1) is 0 Å². The Balaban J connectivity index is 1.88. The van der Waals surface area contributed by atoms with Crippen molar-refractivity contribution in [1.29, 1.82) is 0 Å². The minimum atomic E-state index is -1.05. The van der Waals surface area contributed by atoms with Crippen molar-refractivity contribution in [1.82, 2.24) is 20.0 Å². The van der Waals surface area contributed by atoms with Crippen molar-refractivity contribution in [3.05, 3.63) is 35.3 Å². The van der Waals surface area contributed by atoms with Gasteiger partial charge in [0.15, 0.2) is 0 Å². The van der Waals surface area contributed by atoms with Crippen molar-refractivity contribution in [3.63, 3.8) is 0 Å². The highest BCUT2D eigenvalue weighted by atomic mass is 16.4. The first kappa shape index (κ1) is 20.4. The van der Waals surface area contributed by atoms with Crippen molar-refractivity contribution >= 4 is 23.4 Å². The molecule has 8 heteroatoms. The van der Waals surface area contributed by atoms with Crippen LogP contribution in [0.2, 0.25) is 0 Å². The second-order valence-corrected chi connectivity index (χ2v) is 6.92. The molecule has 1 unspecified atom stereocenters. The van der Waals surface area contributed by atoms with Gasteiger partial charge in [0.1, 0.15) is 17.4 Å². The third-order valence-electron chi connectivity index (χ3n) is 4.35. The number of nitrogens with zero attached hydrogens (tertiary/aromatic N) is 2. The molecule has 2 amide bonds. The fourth-order valence-corrected chi connectivity index (χ4v) is 2.88. The quantitative estimate of drug-likeness (QED) is 0.609. The highest BCUT2D eigenvalue weighted by molar-refractivity contribution is 5.94. The molecule has 27 heavy (non-hydrogen) atoms. The molecule has 0 saturated carbocycles. The number of hydrogen-bond donors (Lipinski definition) is 3. The molecule has 0 aliphatic rings. The predicted octanol–water partition coefficient (Wildman–Crippen LogP) is 1.69. The lowest BCUT2D eigenvalue weighted by Crippen LogP contribution is -2.44. The van der Waals surface area contributed by atoms with Gasteiger partial charge in [0.25, 0.3) is 5.91 Å². The summed E-state index contributed by atoms with van der Waals surface area (Å²) in [5.74, 6) is -1.85. The van der Waals surface area contributed by atoms with Gasteiger partial charge in [-0.1, -0.05) is 19.9 Å². The fourth-order valence-electron chi connectivity index (χ4n) is 2.88. The van der Waals surface area contributed by atoms with E-state index >= 15 is 0 Å². The number of nitrogens with one attached hydrogen (secondary N) is 2. The Kier molecular flexibility index (Phi) is 6.55. The molecule has 0 radical (unpaired) electrons. The molecular formula is C19H26N4O4. The Morgan fingerprint density at radius 2 is 1.96 bits per heavy atom. The third kappa shape index (κ3) is 4.84. The number of pyridine rings is 1. The molecule has 0 aromatic carbocycles. The maximum absolute atomic E-state index is 12.5. The van der Waals surface area contributed by atoms with Crippen LogP contribution >= 0.6 is 0 Å². The van der Waals surface area contributed by atoms with Crippen LogP contribution in [0.4, 0.5) is 0 Å². The number of aromatic nitrogens is 2. The summed E-state index contributed by atoms with van der Waals surface area (Å²) in [6, 6.07) is 2.89. The highest BCUT2D eigenvalue weighted by Gasteiger charge is 2.23. The van der Waals surface area contributed by atoms with Gasteiger partial charge in [-0.25, -0.2) is 9.78 Å². The average Bonchev–Trinajstić information content (AvgIpc) is 2.93. The Morgan fingerprint density at radius 3 is 2.59 bits per heavy atom. The second kappa shape index (κ2) is 8.66. The van der Waals surface area contributed by atoms with Crippen LogP contribution in [-0.2, 0) is 9.59 Å². The standard InChI is InChI=1S/C19H26N4O4/c1-11(2)15(19(26)27)22-14(24)8-5-9-20-18(25)16-13(4)21-17-12(3)7-6-10-23(16)17/h6-7,10-11,15H,5,8-9H2,1-4H3,(H,20,25)(H,22,24)(H,26,27). The predicted molar refractivity (Wildman–Crippen MR) is 101 cm³/mol. The van der Waals surface area contributed by atoms with Gasteiger partial charge in [0.2, 0.25) is 5.91 Å². The molecule has 1 atom stereocenters. The SMILES string of the molecule is Cc1nc2c(C)cccn2c1C(=O)NCCCC(=O)NC(C(=O)O)C(C)C. The van der Waals surface area contributed by atoms with Crippen molar-refractivity contribution in [3.8, 4) is 0 Å². The van der Waals surface area contributed by atoms with E-state index < -0.39 is 12.0 Å². The van der Waals surface area contributed by atoms with Gasteiger partial charge < -0.3 is 15.7 Å². The summed E-state index contributed by atoms with van der Waals surface area (Å²) in [6.45, 7) is 7.50. The summed E-state index contributed by atoms with van der Waals surface area (Å²) in [7, 11) is 0. The monoisotopic (exact) mass is 374 g/mol. The number of aryl methyl sites for hydroxylation is 2. The average molecular weight is 374 g/mol. The lowest BCUT2D eigenvalue weighted by atomic mass is 10.0. The molecule has 3 N–H and O–H groups in total. The van der Waals surface area contributed by atoms with E-state index in [4.69, 9.17) is 5.11 Å². The number of fused-ring (bicyclic) bond motifs is 1. The van der Waals surface area contributed by atoms with Gasteiger partial charge in [0, 0.05) is 19.2 Å². The molecule has 0 saturated heterocycles. The summed E-state index contributed by atoms with van der Waals surface area (Å²) in [5, 5.41) is 14.4. The largest absolute Gasteiger partial charge is 0.480 e. The zero-order valence-corrected chi connectivity index (χ0v) is 16.1. The molecule has 0 bridgehead atoms. The molecule has 0 spiro atoms. The lowest BCUT2D eigenvalue weighted by molar-refractivity contribution is -0.143. The minimum absolute atomic E-state index is 0.141. The van der Waals surface area contributed by atoms with Gasteiger partial charge in [-0.2, -0.15) is 0 Å². The van der Waals surface area contributed by atoms with Gasteiger partial charge >= 0.3 is 5.97 Å². The number of amides is 2. The Morgan fingerprint density at radius 1 is 1.26 bits per heavy atom. The van der Waals surface area contributed by atoms with E-state index in [1.807, 2.05) is 19.1 Å². The third-order valence-corrected chi connectivity index (χ3v) is 4.35. The molecule has 0 aliphatic carbocycles. The molecule has 0 aliphatic heterocycles. The van der Waals surface area contributed by atoms with Crippen LogP contribution < -0.4 is 10.6 Å². The van der Waals surface area contributed by atoms with Crippen LogP contribution in [0, 0.1) is 19.8 Å². The zero-order valence-electron chi connectivity index (χ0n) is 16.1. The molecule has 2 heterocycles. The topological polar surface area (TPSA) is 113 Å². The normalized spacial score (nSPS) is 12.2. The Bertz CT molecular complexity index is 857. The van der Waals surface area contributed by atoms with E-state index in [2.05, 4.69) is 15.6 Å². The Hall–Kier alpha value is -2.90. The summed E-state index contributed by atoms with van der Waals surface area (Å²) >= 11 is 0. The molecule has 2 aromatic heterocycles. The minimum Gasteiger partial charge on any atom is -0.480 e. The number of carboxylic acid groups (broad SMARTS) is 1. The molecule has 146 valence electrons. The highest BCUT2D eigenvalue weighted by Crippen LogP contribution is 2.15. The van der Waals surface area contributed by atoms with E-state index in [9.17, 15) is 14.4 Å². The van der Waals surface area contributed by atoms with E-state index in [1.165, 1.54) is 0 Å². The number of carbonyl (C=O) groups is 3. The number of rotatable bonds is 8. The first-order valence-electron chi connectivity index (χ1n) is 8.97. The molecule has 2 aromatic rings. The summed E-state index contributed by atoms with van der Waals surface area (Å²) in [5.41, 5.74) is 2.84. The van der Waals surface area contributed by atoms with Crippen molar-refractivity contribution in [2.24, 2.45) is 5.92 Å². The first-order valence-corrected chi connectivity index (χ1v) is 8.97. The summed E-state index contributed by atoms with van der Waals surface area (Å²) in [6.07, 6.45) is 2.35. The van der Waals surface area contributed by atoms with E-state index in [-0.39, 0.29) is 24.2 Å². The fraction of sp³-hybridized carbons (Fsp3) is 0.474. The molecular weight excluding hydrogens is 348 g/mol. The van der Waals surface area contributed by atoms with Crippen molar-refractivity contribution < 1.29 is 19.5 Å². The van der Waals surface area contributed by atoms with Crippen LogP contribution in [0.1, 0.15) is 48.4 Å². The number of aliphatic carboxylic acids is 1. The van der Waals surface area contributed by atoms with Crippen LogP contribution in [0.25, 0.3) is 5.65 Å². The molecule has 2 rings (SSSR count). The molecule has 0 fully saturated rings. The van der Waals surface area contributed by atoms with Crippen LogP contribution in [0.5, 0.6) is 0 Å². The second-order valence-electron chi connectivity index (χ2n) is 6.92. The van der Waals surface area contributed by atoms with E-state index in [0.29, 0.717) is 24.4 Å². The maximum Gasteiger partial charge on any atom is 0.326 e. The van der Waals surface area contributed by atoms with E-state index in [0.717, 1.165) is 11.2 Å². The zero-order chi connectivity index (χ0) is 20.1. The number of carboxylic acids is 1. The van der Waals surface area contributed by atoms with Gasteiger partial charge in [-0.05, 0) is 37.8 Å².